The first-order valence-corrected chi connectivity index (χ1v) is 8.32. The van der Waals surface area contributed by atoms with Gasteiger partial charge in [-0.05, 0) is 31.3 Å². The number of aryl methyl sites for hydroxylation is 1. The highest BCUT2D eigenvalue weighted by molar-refractivity contribution is 7.71. The molecule has 1 unspecified atom stereocenters. The zero-order chi connectivity index (χ0) is 18.4. The van der Waals surface area contributed by atoms with E-state index in [2.05, 4.69) is 9.97 Å². The zero-order valence-electron chi connectivity index (χ0n) is 13.8. The van der Waals surface area contributed by atoms with Crippen molar-refractivity contribution in [2.24, 2.45) is 0 Å². The molecule has 0 bridgehead atoms. The summed E-state index contributed by atoms with van der Waals surface area (Å²) in [6.07, 6.45) is 0.684. The highest BCUT2D eigenvalue weighted by Crippen LogP contribution is 2.43. The van der Waals surface area contributed by atoms with Gasteiger partial charge in [-0.15, -0.1) is 0 Å². The average Bonchev–Trinajstić information content (AvgIpc) is 3.03. The summed E-state index contributed by atoms with van der Waals surface area (Å²) in [5, 5.41) is 21.3. The van der Waals surface area contributed by atoms with Crippen LogP contribution in [0.25, 0.3) is 5.69 Å². The minimum absolute atomic E-state index is 0.0119. The molecule has 0 amide bonds. The first-order chi connectivity index (χ1) is 12.5. The molecule has 26 heavy (non-hydrogen) atoms. The molecule has 3 N–H and O–H groups in total. The van der Waals surface area contributed by atoms with Gasteiger partial charge >= 0.3 is 0 Å². The van der Waals surface area contributed by atoms with Crippen molar-refractivity contribution >= 4 is 12.2 Å². The Morgan fingerprint density at radius 2 is 2.00 bits per heavy atom. The molecule has 3 aromatic rings. The van der Waals surface area contributed by atoms with Crippen LogP contribution in [0.1, 0.15) is 28.5 Å². The van der Waals surface area contributed by atoms with Gasteiger partial charge in [0, 0.05) is 17.3 Å². The molecule has 1 atom stereocenters. The predicted octanol–water partition coefficient (Wildman–Crippen LogP) is 2.63. The van der Waals surface area contributed by atoms with Crippen LogP contribution in [0.2, 0.25) is 0 Å². The van der Waals surface area contributed by atoms with Crippen LogP contribution < -0.4 is 5.56 Å². The van der Waals surface area contributed by atoms with Crippen LogP contribution in [-0.4, -0.2) is 24.7 Å². The van der Waals surface area contributed by atoms with Gasteiger partial charge in [-0.2, -0.15) is 0 Å². The average molecular weight is 369 g/mol. The van der Waals surface area contributed by atoms with E-state index in [0.29, 0.717) is 22.5 Å². The number of para-hydroxylation sites is 1. The fourth-order valence-electron chi connectivity index (χ4n) is 3.14. The van der Waals surface area contributed by atoms with E-state index in [1.807, 2.05) is 6.07 Å². The van der Waals surface area contributed by atoms with E-state index >= 15 is 0 Å². The maximum Gasteiger partial charge on any atom is 0.261 e. The highest BCUT2D eigenvalue weighted by atomic mass is 32.1. The molecule has 8 heteroatoms. The molecule has 0 radical (unpaired) electrons. The molecule has 0 saturated heterocycles. The molecule has 0 aliphatic carbocycles. The number of nitrogens with one attached hydrogen (secondary N) is 1. The van der Waals surface area contributed by atoms with E-state index in [0.717, 1.165) is 0 Å². The minimum atomic E-state index is -0.916. The summed E-state index contributed by atoms with van der Waals surface area (Å²) >= 11 is 5.21. The van der Waals surface area contributed by atoms with Crippen molar-refractivity contribution in [3.63, 3.8) is 0 Å². The zero-order valence-corrected chi connectivity index (χ0v) is 14.6. The van der Waals surface area contributed by atoms with Gasteiger partial charge in [-0.1, -0.05) is 18.2 Å². The second-order valence-electron chi connectivity index (χ2n) is 5.99. The van der Waals surface area contributed by atoms with Gasteiger partial charge in [0.05, 0.1) is 18.0 Å². The van der Waals surface area contributed by atoms with Gasteiger partial charge in [0.25, 0.3) is 5.56 Å². The molecule has 4 rings (SSSR count). The van der Waals surface area contributed by atoms with E-state index in [-0.39, 0.29) is 28.6 Å². The maximum atomic E-state index is 12.6. The summed E-state index contributed by atoms with van der Waals surface area (Å²) in [7, 11) is 0. The Kier molecular flexibility index (Phi) is 3.86. The Hall–Kier alpha value is -2.97. The van der Waals surface area contributed by atoms with Crippen LogP contribution in [0.15, 0.2) is 41.3 Å². The molecule has 0 saturated carbocycles. The lowest BCUT2D eigenvalue weighted by Crippen LogP contribution is -2.21. The predicted molar refractivity (Wildman–Crippen MR) is 96.2 cm³/mol. The molecular formula is C18H15N3O4S. The summed E-state index contributed by atoms with van der Waals surface area (Å²) in [5.74, 6) is -0.367. The number of nitrogens with zero attached hydrogens (tertiary/aromatic N) is 2. The first kappa shape index (κ1) is 16.5. The van der Waals surface area contributed by atoms with Gasteiger partial charge in [-0.3, -0.25) is 19.3 Å². The minimum Gasteiger partial charge on any atom is -0.506 e. The van der Waals surface area contributed by atoms with E-state index in [1.165, 1.54) is 4.57 Å². The third-order valence-electron chi connectivity index (χ3n) is 4.42. The first-order valence-electron chi connectivity index (χ1n) is 7.91. The maximum absolute atomic E-state index is 12.6. The van der Waals surface area contributed by atoms with Gasteiger partial charge in [-0.25, -0.2) is 0 Å². The SMILES string of the molecule is Cc1ncc2c(c1O)C(c1c(O)n(-c3ccccc3)c(=S)[nH]c1=O)OC2. The fraction of sp³-hybridized carbons (Fsp3) is 0.167. The number of aromatic hydroxyl groups is 2. The summed E-state index contributed by atoms with van der Waals surface area (Å²) < 4.78 is 7.14. The molecule has 1 aliphatic rings. The Bertz CT molecular complexity index is 1120. The lowest BCUT2D eigenvalue weighted by atomic mass is 10.00. The second-order valence-corrected chi connectivity index (χ2v) is 6.38. The molecule has 7 nitrogen and oxygen atoms in total. The standard InChI is InChI=1S/C18H15N3O4S/c1-9-14(22)12-10(7-19-9)8-25-15(12)13-16(23)20-18(26)21(17(13)24)11-5-3-2-4-6-11/h2-7,15,22,24H,8H2,1H3,(H,20,23,26). The number of aromatic amines is 1. The van der Waals surface area contributed by atoms with Gasteiger partial charge in [0.2, 0.25) is 5.88 Å². The van der Waals surface area contributed by atoms with Crippen molar-refractivity contribution < 1.29 is 14.9 Å². The van der Waals surface area contributed by atoms with Crippen LogP contribution in [0.5, 0.6) is 11.6 Å². The fourth-order valence-corrected chi connectivity index (χ4v) is 3.42. The number of benzene rings is 1. The smallest absolute Gasteiger partial charge is 0.261 e. The number of ether oxygens (including phenoxy) is 1. The second kappa shape index (κ2) is 6.08. The largest absolute Gasteiger partial charge is 0.506 e. The number of pyridine rings is 1. The van der Waals surface area contributed by atoms with E-state index < -0.39 is 11.7 Å². The van der Waals surface area contributed by atoms with Crippen molar-refractivity contribution in [2.45, 2.75) is 19.6 Å². The van der Waals surface area contributed by atoms with Crippen molar-refractivity contribution in [1.82, 2.24) is 14.5 Å². The summed E-state index contributed by atoms with van der Waals surface area (Å²) in [6, 6.07) is 8.94. The van der Waals surface area contributed by atoms with Gasteiger partial charge in [0.15, 0.2) is 4.77 Å². The number of hydrogen-bond acceptors (Lipinski definition) is 6. The molecule has 3 heterocycles. The number of rotatable bonds is 2. The summed E-state index contributed by atoms with van der Waals surface area (Å²) in [4.78, 5) is 19.2. The van der Waals surface area contributed by atoms with Crippen LogP contribution in [0, 0.1) is 11.7 Å². The molecular weight excluding hydrogens is 354 g/mol. The molecule has 132 valence electrons. The number of hydrogen-bond donors (Lipinski definition) is 3. The Morgan fingerprint density at radius 3 is 2.73 bits per heavy atom. The van der Waals surface area contributed by atoms with E-state index in [1.54, 1.807) is 37.4 Å². The van der Waals surface area contributed by atoms with Crippen LogP contribution >= 0.6 is 12.2 Å². The number of aromatic nitrogens is 3. The number of fused-ring (bicyclic) bond motifs is 1. The van der Waals surface area contributed by atoms with Gasteiger partial charge in [0.1, 0.15) is 17.4 Å². The van der Waals surface area contributed by atoms with Crippen molar-refractivity contribution in [3.8, 4) is 17.3 Å². The molecule has 1 aromatic carbocycles. The number of H-pyrrole nitrogens is 1. The van der Waals surface area contributed by atoms with Gasteiger partial charge < -0.3 is 14.9 Å². The Balaban J connectivity index is 1.98. The van der Waals surface area contributed by atoms with Crippen molar-refractivity contribution in [1.29, 1.82) is 0 Å². The monoisotopic (exact) mass is 369 g/mol. The Morgan fingerprint density at radius 1 is 1.27 bits per heavy atom. The van der Waals surface area contributed by atoms with Crippen LogP contribution in [-0.2, 0) is 11.3 Å². The lowest BCUT2D eigenvalue weighted by molar-refractivity contribution is 0.0892. The quantitative estimate of drug-likeness (QED) is 0.601. The third kappa shape index (κ3) is 2.42. The highest BCUT2D eigenvalue weighted by Gasteiger charge is 2.34. The molecule has 0 spiro atoms. The van der Waals surface area contributed by atoms with Crippen LogP contribution in [0.4, 0.5) is 0 Å². The Labute approximate surface area is 153 Å². The van der Waals surface area contributed by atoms with E-state index in [9.17, 15) is 15.0 Å². The summed E-state index contributed by atoms with van der Waals surface area (Å²) in [6.45, 7) is 1.84. The molecule has 0 fully saturated rings. The van der Waals surface area contributed by atoms with Crippen LogP contribution in [0.3, 0.4) is 0 Å². The molecule has 1 aliphatic heterocycles. The molecule has 2 aromatic heterocycles. The topological polar surface area (TPSA) is 100 Å². The third-order valence-corrected chi connectivity index (χ3v) is 4.71. The summed E-state index contributed by atoms with van der Waals surface area (Å²) in [5.41, 5.74) is 1.56. The van der Waals surface area contributed by atoms with Crippen molar-refractivity contribution in [2.75, 3.05) is 0 Å². The van der Waals surface area contributed by atoms with E-state index in [4.69, 9.17) is 17.0 Å². The lowest BCUT2D eigenvalue weighted by Gasteiger charge is -2.17. The van der Waals surface area contributed by atoms with Crippen molar-refractivity contribution in [3.05, 3.63) is 74.0 Å². The normalized spacial score (nSPS) is 15.8.